The molecule has 2 heterocycles. The first-order chi connectivity index (χ1) is 6.20. The molecule has 0 aliphatic rings. The van der Waals surface area contributed by atoms with Crippen molar-refractivity contribution in [1.29, 1.82) is 0 Å². The summed E-state index contributed by atoms with van der Waals surface area (Å²) >= 11 is 0. The lowest BCUT2D eigenvalue weighted by molar-refractivity contribution is 1.02. The van der Waals surface area contributed by atoms with E-state index in [1.807, 2.05) is 26.0 Å². The Kier molecular flexibility index (Phi) is 1.72. The summed E-state index contributed by atoms with van der Waals surface area (Å²) in [5.74, 6) is 0. The van der Waals surface area contributed by atoms with E-state index >= 15 is 0 Å². The monoisotopic (exact) mass is 176 g/mol. The van der Waals surface area contributed by atoms with Crippen LogP contribution in [-0.4, -0.2) is 9.97 Å². The standard InChI is InChI=1S/C10H12N2O/c1-3-7-5-9-8(10(13)12-7)4-6(2)11-9/h4-5,11H,3H2,1-2H3,(H,12,13). The zero-order chi connectivity index (χ0) is 9.42. The molecule has 2 N–H and O–H groups in total. The van der Waals surface area contributed by atoms with E-state index in [4.69, 9.17) is 0 Å². The highest BCUT2D eigenvalue weighted by Crippen LogP contribution is 2.11. The second kappa shape index (κ2) is 2.76. The van der Waals surface area contributed by atoms with E-state index in [-0.39, 0.29) is 5.56 Å². The zero-order valence-corrected chi connectivity index (χ0v) is 7.77. The average Bonchev–Trinajstić information content (AvgIpc) is 2.46. The van der Waals surface area contributed by atoms with Gasteiger partial charge < -0.3 is 9.97 Å². The van der Waals surface area contributed by atoms with Crippen LogP contribution in [0, 0.1) is 6.92 Å². The quantitative estimate of drug-likeness (QED) is 0.683. The van der Waals surface area contributed by atoms with Crippen LogP contribution in [0.1, 0.15) is 18.3 Å². The molecule has 13 heavy (non-hydrogen) atoms. The normalized spacial score (nSPS) is 10.9. The van der Waals surface area contributed by atoms with Crippen molar-refractivity contribution in [3.8, 4) is 0 Å². The van der Waals surface area contributed by atoms with Crippen molar-refractivity contribution >= 4 is 10.9 Å². The summed E-state index contributed by atoms with van der Waals surface area (Å²) in [6, 6.07) is 3.86. The number of pyridine rings is 1. The summed E-state index contributed by atoms with van der Waals surface area (Å²) in [5, 5.41) is 0.745. The molecule has 0 spiro atoms. The number of H-pyrrole nitrogens is 2. The number of aromatic amines is 2. The Morgan fingerprint density at radius 2 is 2.08 bits per heavy atom. The molecule has 0 bridgehead atoms. The third-order valence-electron chi connectivity index (χ3n) is 2.20. The molecule has 0 unspecified atom stereocenters. The van der Waals surface area contributed by atoms with E-state index < -0.39 is 0 Å². The summed E-state index contributed by atoms with van der Waals surface area (Å²) in [5.41, 5.74) is 2.92. The molecule has 2 rings (SSSR count). The van der Waals surface area contributed by atoms with Crippen molar-refractivity contribution in [1.82, 2.24) is 9.97 Å². The fourth-order valence-electron chi connectivity index (χ4n) is 1.53. The minimum absolute atomic E-state index is 0.00120. The predicted molar refractivity (Wildman–Crippen MR) is 53.0 cm³/mol. The molecule has 0 amide bonds. The molecule has 0 saturated heterocycles. The molecule has 2 aromatic heterocycles. The van der Waals surface area contributed by atoms with E-state index in [2.05, 4.69) is 9.97 Å². The van der Waals surface area contributed by atoms with Gasteiger partial charge in [0, 0.05) is 11.4 Å². The summed E-state index contributed by atoms with van der Waals surface area (Å²) in [6.45, 7) is 3.97. The van der Waals surface area contributed by atoms with Gasteiger partial charge in [0.2, 0.25) is 0 Å². The minimum atomic E-state index is -0.00120. The molecule has 2 aromatic rings. The molecule has 0 radical (unpaired) electrons. The van der Waals surface area contributed by atoms with Crippen molar-refractivity contribution in [2.75, 3.05) is 0 Å². The predicted octanol–water partition coefficient (Wildman–Crippen LogP) is 1.73. The first kappa shape index (κ1) is 8.10. The maximum absolute atomic E-state index is 11.5. The topological polar surface area (TPSA) is 48.6 Å². The van der Waals surface area contributed by atoms with Gasteiger partial charge in [0.25, 0.3) is 5.56 Å². The smallest absolute Gasteiger partial charge is 0.257 e. The van der Waals surface area contributed by atoms with E-state index in [0.717, 1.165) is 28.7 Å². The van der Waals surface area contributed by atoms with Gasteiger partial charge in [-0.2, -0.15) is 0 Å². The molecule has 3 heteroatoms. The molecule has 0 aliphatic carbocycles. The molecular weight excluding hydrogens is 164 g/mol. The first-order valence-corrected chi connectivity index (χ1v) is 4.42. The van der Waals surface area contributed by atoms with Crippen molar-refractivity contribution < 1.29 is 0 Å². The number of nitrogens with one attached hydrogen (secondary N) is 2. The Labute approximate surface area is 75.8 Å². The third kappa shape index (κ3) is 1.26. The van der Waals surface area contributed by atoms with Crippen molar-refractivity contribution in [2.45, 2.75) is 20.3 Å². The van der Waals surface area contributed by atoms with Crippen LogP contribution in [0.25, 0.3) is 10.9 Å². The van der Waals surface area contributed by atoms with E-state index in [9.17, 15) is 4.79 Å². The lowest BCUT2D eigenvalue weighted by Crippen LogP contribution is -2.07. The fraction of sp³-hybridized carbons (Fsp3) is 0.300. The lowest BCUT2D eigenvalue weighted by Gasteiger charge is -1.95. The van der Waals surface area contributed by atoms with Crippen LogP contribution in [0.3, 0.4) is 0 Å². The average molecular weight is 176 g/mol. The Morgan fingerprint density at radius 3 is 2.77 bits per heavy atom. The number of rotatable bonds is 1. The van der Waals surface area contributed by atoms with Gasteiger partial charge in [0.05, 0.1) is 10.9 Å². The largest absolute Gasteiger partial charge is 0.358 e. The van der Waals surface area contributed by atoms with Gasteiger partial charge >= 0.3 is 0 Å². The minimum Gasteiger partial charge on any atom is -0.358 e. The molecule has 3 nitrogen and oxygen atoms in total. The number of hydrogen-bond donors (Lipinski definition) is 2. The highest BCUT2D eigenvalue weighted by molar-refractivity contribution is 5.79. The molecule has 0 atom stereocenters. The second-order valence-electron chi connectivity index (χ2n) is 3.26. The number of fused-ring (bicyclic) bond motifs is 1. The van der Waals surface area contributed by atoms with Gasteiger partial charge in [-0.25, -0.2) is 0 Å². The maximum atomic E-state index is 11.5. The van der Waals surface area contributed by atoms with Crippen LogP contribution < -0.4 is 5.56 Å². The van der Waals surface area contributed by atoms with Gasteiger partial charge in [-0.15, -0.1) is 0 Å². The van der Waals surface area contributed by atoms with Crippen LogP contribution >= 0.6 is 0 Å². The van der Waals surface area contributed by atoms with E-state index in [0.29, 0.717) is 0 Å². The molecule has 0 saturated carbocycles. The number of aryl methyl sites for hydroxylation is 2. The summed E-state index contributed by atoms with van der Waals surface area (Å²) in [6.07, 6.45) is 0.850. The van der Waals surface area contributed by atoms with Gasteiger partial charge in [-0.05, 0) is 25.5 Å². The molecular formula is C10H12N2O. The number of hydrogen-bond acceptors (Lipinski definition) is 1. The molecule has 0 fully saturated rings. The van der Waals surface area contributed by atoms with Gasteiger partial charge in [-0.3, -0.25) is 4.79 Å². The summed E-state index contributed by atoms with van der Waals surface area (Å²) < 4.78 is 0. The molecule has 0 aromatic carbocycles. The fourth-order valence-corrected chi connectivity index (χ4v) is 1.53. The van der Waals surface area contributed by atoms with Crippen molar-refractivity contribution in [3.05, 3.63) is 33.9 Å². The molecule has 68 valence electrons. The first-order valence-electron chi connectivity index (χ1n) is 4.42. The summed E-state index contributed by atoms with van der Waals surface area (Å²) in [7, 11) is 0. The van der Waals surface area contributed by atoms with Crippen LogP contribution in [0.2, 0.25) is 0 Å². The maximum Gasteiger partial charge on any atom is 0.257 e. The van der Waals surface area contributed by atoms with Crippen LogP contribution in [0.4, 0.5) is 0 Å². The van der Waals surface area contributed by atoms with Crippen LogP contribution in [0.5, 0.6) is 0 Å². The zero-order valence-electron chi connectivity index (χ0n) is 7.77. The summed E-state index contributed by atoms with van der Waals surface area (Å²) in [4.78, 5) is 17.5. The third-order valence-corrected chi connectivity index (χ3v) is 2.20. The molecule has 0 aliphatic heterocycles. The van der Waals surface area contributed by atoms with Crippen LogP contribution in [-0.2, 0) is 6.42 Å². The van der Waals surface area contributed by atoms with Gasteiger partial charge in [0.15, 0.2) is 0 Å². The van der Waals surface area contributed by atoms with Gasteiger partial charge in [0.1, 0.15) is 0 Å². The second-order valence-corrected chi connectivity index (χ2v) is 3.26. The highest BCUT2D eigenvalue weighted by Gasteiger charge is 2.02. The Bertz CT molecular complexity index is 493. The Hall–Kier alpha value is -1.51. The van der Waals surface area contributed by atoms with Gasteiger partial charge in [-0.1, -0.05) is 6.92 Å². The lowest BCUT2D eigenvalue weighted by atomic mass is 10.2. The van der Waals surface area contributed by atoms with Crippen molar-refractivity contribution in [2.24, 2.45) is 0 Å². The number of aromatic nitrogens is 2. The van der Waals surface area contributed by atoms with E-state index in [1.165, 1.54) is 0 Å². The van der Waals surface area contributed by atoms with Crippen LogP contribution in [0.15, 0.2) is 16.9 Å². The highest BCUT2D eigenvalue weighted by atomic mass is 16.1. The Morgan fingerprint density at radius 1 is 1.31 bits per heavy atom. The SMILES string of the molecule is CCc1cc2[nH]c(C)cc2c(=O)[nH]1. The van der Waals surface area contributed by atoms with E-state index in [1.54, 1.807) is 0 Å². The van der Waals surface area contributed by atoms with Crippen molar-refractivity contribution in [3.63, 3.8) is 0 Å². The Balaban J connectivity index is 2.83.